The lowest BCUT2D eigenvalue weighted by atomic mass is 9.91. The number of rotatable bonds is 14. The number of hydrogen-bond donors (Lipinski definition) is 0. The molecule has 0 aliphatic carbocycles. The molecule has 3 aromatic rings. The highest BCUT2D eigenvalue weighted by molar-refractivity contribution is 7.95. The Labute approximate surface area is 230 Å². The highest BCUT2D eigenvalue weighted by Crippen LogP contribution is 2.56. The molecule has 0 atom stereocenters. The second kappa shape index (κ2) is 12.9. The van der Waals surface area contributed by atoms with Crippen LogP contribution in [0.2, 0.25) is 0 Å². The maximum atomic E-state index is 5.92. The summed E-state index contributed by atoms with van der Waals surface area (Å²) in [5.74, 6) is -0.746. The van der Waals surface area contributed by atoms with E-state index >= 15 is 0 Å². The van der Waals surface area contributed by atoms with E-state index in [0.29, 0.717) is 0 Å². The van der Waals surface area contributed by atoms with Crippen LogP contribution < -0.4 is 15.9 Å². The number of hydrogen-bond acceptors (Lipinski definition) is 3. The molecule has 3 heterocycles. The van der Waals surface area contributed by atoms with Gasteiger partial charge in [0, 0.05) is 11.8 Å². The van der Waals surface area contributed by atoms with Gasteiger partial charge in [0.15, 0.2) is 0 Å². The molecule has 3 fully saturated rings. The summed E-state index contributed by atoms with van der Waals surface area (Å²) >= 11 is 0. The highest BCUT2D eigenvalue weighted by Gasteiger charge is 2.49. The lowest BCUT2D eigenvalue weighted by Gasteiger charge is -2.50. The summed E-state index contributed by atoms with van der Waals surface area (Å²) in [6.45, 7) is 4.45. The number of ether oxygens (including phenoxy) is 3. The van der Waals surface area contributed by atoms with Crippen molar-refractivity contribution in [3.05, 3.63) is 91.0 Å². The summed E-state index contributed by atoms with van der Waals surface area (Å²) < 4.78 is 17.8. The summed E-state index contributed by atoms with van der Waals surface area (Å²) in [7, 11) is -1.68. The fourth-order valence-corrected chi connectivity index (χ4v) is 10.4. The van der Waals surface area contributed by atoms with Crippen molar-refractivity contribution in [2.75, 3.05) is 26.0 Å². The Morgan fingerprint density at radius 2 is 0.895 bits per heavy atom. The monoisotopic (exact) mass is 531 g/mol. The van der Waals surface area contributed by atoms with E-state index in [4.69, 9.17) is 14.2 Å². The molecule has 0 unspecified atom stereocenters. The molecule has 3 aliphatic rings. The molecule has 0 aromatic heterocycles. The van der Waals surface area contributed by atoms with E-state index in [1.165, 1.54) is 67.0 Å². The molecule has 0 saturated carbocycles. The Morgan fingerprint density at radius 3 is 1.32 bits per heavy atom. The second-order valence-corrected chi connectivity index (χ2v) is 15.1. The molecule has 0 spiro atoms. The molecule has 38 heavy (non-hydrogen) atoms. The Balaban J connectivity index is 1.09. The zero-order valence-corrected chi connectivity index (χ0v) is 23.9. The zero-order valence-electron chi connectivity index (χ0n) is 23.0. The third kappa shape index (κ3) is 6.40. The van der Waals surface area contributed by atoms with Gasteiger partial charge < -0.3 is 14.2 Å². The third-order valence-electron chi connectivity index (χ3n) is 8.24. The Hall–Kier alpha value is -2.03. The van der Waals surface area contributed by atoms with Gasteiger partial charge in [0.25, 0.3) is 5.97 Å². The van der Waals surface area contributed by atoms with E-state index in [2.05, 4.69) is 97.9 Å². The van der Waals surface area contributed by atoms with E-state index in [1.807, 2.05) is 0 Å². The summed E-state index contributed by atoms with van der Waals surface area (Å²) in [6.07, 6.45) is 12.2. The van der Waals surface area contributed by atoms with Crippen LogP contribution in [0.5, 0.6) is 0 Å². The quantitative estimate of drug-likeness (QED) is 0.162. The number of benzene rings is 3. The van der Waals surface area contributed by atoms with Gasteiger partial charge in [-0.1, -0.05) is 93.6 Å². The van der Waals surface area contributed by atoms with E-state index in [0.717, 1.165) is 32.7 Å². The molecule has 3 aliphatic heterocycles. The number of unbranched alkanes of at least 4 members (excludes halogenated alkanes) is 7. The molecule has 0 amide bonds. The molecule has 4 heteroatoms. The van der Waals surface area contributed by atoms with Crippen LogP contribution in [0.25, 0.3) is 0 Å². The smallest absolute Gasteiger partial charge is 0.282 e. The predicted molar refractivity (Wildman–Crippen MR) is 160 cm³/mol. The standard InChI is InChI=1S/C34H44O3P/c1-33-27-35-34(36-28-33,37-29-33)25-17-6-4-2-3-5-7-18-26-38(30-19-11-8-12-20-30,31-21-13-9-14-22-31)32-23-15-10-16-24-32/h8-16,19-24H,2-7,17-18,25-29H2,1H3/q+1. The van der Waals surface area contributed by atoms with Crippen molar-refractivity contribution < 1.29 is 14.2 Å². The highest BCUT2D eigenvalue weighted by atomic mass is 31.2. The Bertz CT molecular complexity index is 981. The van der Waals surface area contributed by atoms with Crippen LogP contribution in [-0.2, 0) is 14.2 Å². The van der Waals surface area contributed by atoms with Gasteiger partial charge in [-0.2, -0.15) is 0 Å². The number of fused-ring (bicyclic) bond motifs is 3. The van der Waals surface area contributed by atoms with Crippen LogP contribution in [-0.4, -0.2) is 32.0 Å². The first-order valence-corrected chi connectivity index (χ1v) is 16.6. The van der Waals surface area contributed by atoms with Crippen molar-refractivity contribution in [2.24, 2.45) is 5.41 Å². The van der Waals surface area contributed by atoms with Gasteiger partial charge in [0.2, 0.25) is 0 Å². The normalized spacial score (nSPS) is 23.0. The first kappa shape index (κ1) is 27.5. The van der Waals surface area contributed by atoms with Crippen LogP contribution in [0.3, 0.4) is 0 Å². The lowest BCUT2D eigenvalue weighted by Crippen LogP contribution is -2.58. The minimum atomic E-state index is -1.68. The molecule has 3 saturated heterocycles. The summed E-state index contributed by atoms with van der Waals surface area (Å²) in [4.78, 5) is 0. The topological polar surface area (TPSA) is 27.7 Å². The minimum absolute atomic E-state index is 0.0483. The molecule has 6 rings (SSSR count). The second-order valence-electron chi connectivity index (χ2n) is 11.5. The molecule has 0 N–H and O–H groups in total. The van der Waals surface area contributed by atoms with Gasteiger partial charge >= 0.3 is 0 Å². The Kier molecular flexibility index (Phi) is 9.33. The maximum Gasteiger partial charge on any atom is 0.282 e. The average Bonchev–Trinajstić information content (AvgIpc) is 2.98. The summed E-state index contributed by atoms with van der Waals surface area (Å²) in [5.41, 5.74) is 0.0483. The largest absolute Gasteiger partial charge is 0.327 e. The van der Waals surface area contributed by atoms with Crippen molar-refractivity contribution in [2.45, 2.75) is 70.7 Å². The zero-order chi connectivity index (χ0) is 26.2. The molecular weight excluding hydrogens is 487 g/mol. The van der Waals surface area contributed by atoms with Crippen LogP contribution in [0.15, 0.2) is 91.0 Å². The van der Waals surface area contributed by atoms with Crippen LogP contribution in [0, 0.1) is 5.41 Å². The predicted octanol–water partition coefficient (Wildman–Crippen LogP) is 7.23. The van der Waals surface area contributed by atoms with E-state index in [1.54, 1.807) is 0 Å². The van der Waals surface area contributed by atoms with Crippen molar-refractivity contribution in [1.82, 2.24) is 0 Å². The van der Waals surface area contributed by atoms with Gasteiger partial charge in [-0.25, -0.2) is 0 Å². The maximum absolute atomic E-state index is 5.92. The Morgan fingerprint density at radius 1 is 0.526 bits per heavy atom. The van der Waals surface area contributed by atoms with Crippen molar-refractivity contribution in [1.29, 1.82) is 0 Å². The van der Waals surface area contributed by atoms with Gasteiger partial charge in [-0.15, -0.1) is 0 Å². The fraction of sp³-hybridized carbons (Fsp3) is 0.471. The molecule has 3 aromatic carbocycles. The molecule has 3 nitrogen and oxygen atoms in total. The first-order chi connectivity index (χ1) is 18.6. The first-order valence-electron chi connectivity index (χ1n) is 14.6. The average molecular weight is 532 g/mol. The third-order valence-corrected chi connectivity index (χ3v) is 12.8. The van der Waals surface area contributed by atoms with Crippen molar-refractivity contribution in [3.63, 3.8) is 0 Å². The SMILES string of the molecule is CC12COC(CCCCCCCCCC[P+](c3ccccc3)(c3ccccc3)c3ccccc3)(OC1)OC2. The summed E-state index contributed by atoms with van der Waals surface area (Å²) in [6, 6.07) is 33.8. The molecule has 202 valence electrons. The van der Waals surface area contributed by atoms with Gasteiger partial charge in [-0.05, 0) is 55.7 Å². The lowest BCUT2D eigenvalue weighted by molar-refractivity contribution is -0.467. The fourth-order valence-electron chi connectivity index (χ4n) is 5.95. The van der Waals surface area contributed by atoms with E-state index < -0.39 is 13.2 Å². The van der Waals surface area contributed by atoms with Gasteiger partial charge in [-0.3, -0.25) is 0 Å². The van der Waals surface area contributed by atoms with Crippen LogP contribution in [0.4, 0.5) is 0 Å². The summed E-state index contributed by atoms with van der Waals surface area (Å²) in [5, 5.41) is 4.48. The molecule has 0 radical (unpaired) electrons. The van der Waals surface area contributed by atoms with E-state index in [-0.39, 0.29) is 5.41 Å². The van der Waals surface area contributed by atoms with Gasteiger partial charge in [0.05, 0.1) is 26.0 Å². The van der Waals surface area contributed by atoms with Crippen molar-refractivity contribution >= 4 is 23.2 Å². The van der Waals surface area contributed by atoms with Crippen LogP contribution >= 0.6 is 7.26 Å². The molecule has 2 bridgehead atoms. The van der Waals surface area contributed by atoms with E-state index in [9.17, 15) is 0 Å². The minimum Gasteiger partial charge on any atom is -0.327 e. The van der Waals surface area contributed by atoms with Crippen molar-refractivity contribution in [3.8, 4) is 0 Å². The van der Waals surface area contributed by atoms with Crippen LogP contribution in [0.1, 0.15) is 64.7 Å². The molecular formula is C34H44O3P+. The van der Waals surface area contributed by atoms with Gasteiger partial charge in [0.1, 0.15) is 23.2 Å².